The summed E-state index contributed by atoms with van der Waals surface area (Å²) in [5, 5.41) is 8.38. The number of halogens is 4. The van der Waals surface area contributed by atoms with Crippen LogP contribution >= 0.6 is 15.9 Å². The van der Waals surface area contributed by atoms with Crippen LogP contribution in [-0.4, -0.2) is 61.2 Å². The number of allylic oxidation sites excluding steroid dienone is 2. The van der Waals surface area contributed by atoms with Gasteiger partial charge in [-0.1, -0.05) is 45.4 Å². The number of carbonyl (C=O) groups excluding carboxylic acids is 1. The summed E-state index contributed by atoms with van der Waals surface area (Å²) >= 11 is 3.48. The molecule has 3 heterocycles. The molecule has 1 saturated heterocycles. The van der Waals surface area contributed by atoms with Crippen LogP contribution in [0.3, 0.4) is 0 Å². The summed E-state index contributed by atoms with van der Waals surface area (Å²) in [6.45, 7) is 0.558. The van der Waals surface area contributed by atoms with Gasteiger partial charge < -0.3 is 14.2 Å². The molecule has 8 nitrogen and oxygen atoms in total. The van der Waals surface area contributed by atoms with Crippen molar-refractivity contribution >= 4 is 21.8 Å². The number of fused-ring (bicyclic) bond motifs is 1. The molecule has 12 heteroatoms. The van der Waals surface area contributed by atoms with Gasteiger partial charge in [0.25, 0.3) is 0 Å². The standard InChI is InChI=1S/C25H24BrF3N6O2/c1-15-11-33(14-30-15)21-8-6-16(10-23(21)37-2)19-12-35(32-31-19)22-9-7-17-18(26)4-3-5-20(17)34(24(22)36)13-25(27,28)29/h3-6,8,10-12,14,17,20,22H,7,9,13H2,1-2H3/t17?,20?,22-/m1/s1. The van der Waals surface area contributed by atoms with Gasteiger partial charge in [-0.15, -0.1) is 5.10 Å². The smallest absolute Gasteiger partial charge is 0.406 e. The highest BCUT2D eigenvalue weighted by molar-refractivity contribution is 9.11. The summed E-state index contributed by atoms with van der Waals surface area (Å²) in [5.41, 5.74) is 2.82. The molecule has 1 amide bonds. The van der Waals surface area contributed by atoms with Crippen LogP contribution < -0.4 is 4.74 Å². The van der Waals surface area contributed by atoms with Crippen LogP contribution in [0.5, 0.6) is 5.75 Å². The molecule has 1 aliphatic carbocycles. The molecule has 3 atom stereocenters. The van der Waals surface area contributed by atoms with Crippen LogP contribution in [0.15, 0.2) is 59.6 Å². The van der Waals surface area contributed by atoms with Gasteiger partial charge in [0.05, 0.1) is 37.1 Å². The zero-order valence-corrected chi connectivity index (χ0v) is 21.6. The number of hydrogen-bond donors (Lipinski definition) is 0. The van der Waals surface area contributed by atoms with E-state index in [-0.39, 0.29) is 5.92 Å². The van der Waals surface area contributed by atoms with E-state index in [1.165, 1.54) is 4.68 Å². The van der Waals surface area contributed by atoms with Crippen LogP contribution in [0.25, 0.3) is 16.9 Å². The normalized spacial score (nSPS) is 22.0. The molecule has 194 valence electrons. The van der Waals surface area contributed by atoms with E-state index in [0.717, 1.165) is 20.8 Å². The number of ether oxygens (including phenoxy) is 1. The fourth-order valence-electron chi connectivity index (χ4n) is 4.90. The molecular formula is C25H24BrF3N6O2. The zero-order chi connectivity index (χ0) is 26.3. The van der Waals surface area contributed by atoms with Gasteiger partial charge >= 0.3 is 6.18 Å². The Kier molecular flexibility index (Phi) is 6.69. The van der Waals surface area contributed by atoms with Crippen LogP contribution in [-0.2, 0) is 4.79 Å². The number of hydrogen-bond acceptors (Lipinski definition) is 5. The number of aryl methyl sites for hydroxylation is 1. The number of nitrogens with zero attached hydrogens (tertiary/aromatic N) is 6. The van der Waals surface area contributed by atoms with Gasteiger partial charge in [0.1, 0.15) is 24.0 Å². The van der Waals surface area contributed by atoms with E-state index in [1.54, 1.807) is 37.9 Å². The van der Waals surface area contributed by atoms with Crippen LogP contribution in [0.1, 0.15) is 24.6 Å². The highest BCUT2D eigenvalue weighted by atomic mass is 79.9. The van der Waals surface area contributed by atoms with Crippen molar-refractivity contribution < 1.29 is 22.7 Å². The van der Waals surface area contributed by atoms with Gasteiger partial charge in [-0.2, -0.15) is 13.2 Å². The van der Waals surface area contributed by atoms with E-state index in [2.05, 4.69) is 31.2 Å². The van der Waals surface area contributed by atoms with Crippen molar-refractivity contribution in [2.75, 3.05) is 13.7 Å². The van der Waals surface area contributed by atoms with Gasteiger partial charge in [0.2, 0.25) is 5.91 Å². The van der Waals surface area contributed by atoms with Crippen molar-refractivity contribution in [3.63, 3.8) is 0 Å². The maximum Gasteiger partial charge on any atom is 0.406 e. The maximum absolute atomic E-state index is 13.5. The molecule has 2 unspecified atom stereocenters. The summed E-state index contributed by atoms with van der Waals surface area (Å²) in [6, 6.07) is 3.90. The van der Waals surface area contributed by atoms with Gasteiger partial charge in [0.15, 0.2) is 0 Å². The Balaban J connectivity index is 1.46. The highest BCUT2D eigenvalue weighted by Crippen LogP contribution is 2.40. The second-order valence-electron chi connectivity index (χ2n) is 9.10. The first-order chi connectivity index (χ1) is 17.6. The number of aromatic nitrogens is 5. The average molecular weight is 577 g/mol. The Bertz CT molecular complexity index is 1380. The van der Waals surface area contributed by atoms with Crippen LogP contribution in [0.2, 0.25) is 0 Å². The first kappa shape index (κ1) is 25.2. The molecule has 1 fully saturated rings. The van der Waals surface area contributed by atoms with Crippen molar-refractivity contribution in [1.29, 1.82) is 0 Å². The molecule has 0 bridgehead atoms. The molecular weight excluding hydrogens is 553 g/mol. The Hall–Kier alpha value is -3.41. The summed E-state index contributed by atoms with van der Waals surface area (Å²) in [7, 11) is 1.56. The van der Waals surface area contributed by atoms with Crippen molar-refractivity contribution in [2.24, 2.45) is 5.92 Å². The van der Waals surface area contributed by atoms with Crippen LogP contribution in [0.4, 0.5) is 13.2 Å². The molecule has 0 radical (unpaired) electrons. The minimum absolute atomic E-state index is 0.257. The van der Waals surface area contributed by atoms with E-state index in [4.69, 9.17) is 4.74 Å². The summed E-state index contributed by atoms with van der Waals surface area (Å²) < 4.78 is 50.0. The lowest BCUT2D eigenvalue weighted by Crippen LogP contribution is -2.49. The third-order valence-electron chi connectivity index (χ3n) is 6.65. The number of likely N-dealkylation sites (tertiary alicyclic amines) is 1. The van der Waals surface area contributed by atoms with E-state index in [1.807, 2.05) is 35.9 Å². The molecule has 37 heavy (non-hydrogen) atoms. The first-order valence-electron chi connectivity index (χ1n) is 11.7. The number of carbonyl (C=O) groups is 1. The molecule has 3 aromatic rings. The lowest BCUT2D eigenvalue weighted by Gasteiger charge is -2.35. The zero-order valence-electron chi connectivity index (χ0n) is 20.1. The molecule has 0 saturated carbocycles. The highest BCUT2D eigenvalue weighted by Gasteiger charge is 2.44. The van der Waals surface area contributed by atoms with Crippen molar-refractivity contribution in [1.82, 2.24) is 29.4 Å². The van der Waals surface area contributed by atoms with Crippen molar-refractivity contribution in [3.8, 4) is 22.7 Å². The fraction of sp³-hybridized carbons (Fsp3) is 0.360. The molecule has 5 rings (SSSR count). The van der Waals surface area contributed by atoms with E-state index in [0.29, 0.717) is 29.8 Å². The minimum atomic E-state index is -4.53. The van der Waals surface area contributed by atoms with E-state index in [9.17, 15) is 18.0 Å². The Morgan fingerprint density at radius 1 is 1.22 bits per heavy atom. The second kappa shape index (κ2) is 9.81. The van der Waals surface area contributed by atoms with E-state index >= 15 is 0 Å². The van der Waals surface area contributed by atoms with Gasteiger partial charge in [0, 0.05) is 22.2 Å². The molecule has 2 aliphatic rings. The number of alkyl halides is 3. The fourth-order valence-corrected chi connectivity index (χ4v) is 5.55. The Labute approximate surface area is 219 Å². The summed E-state index contributed by atoms with van der Waals surface area (Å²) in [5.74, 6) is -0.303. The average Bonchev–Trinajstić information content (AvgIpc) is 3.49. The van der Waals surface area contributed by atoms with Gasteiger partial charge in [-0.05, 0) is 31.9 Å². The van der Waals surface area contributed by atoms with Crippen molar-refractivity contribution in [2.45, 2.75) is 38.0 Å². The molecule has 1 aromatic carbocycles. The lowest BCUT2D eigenvalue weighted by atomic mass is 9.90. The predicted molar refractivity (Wildman–Crippen MR) is 133 cm³/mol. The number of methoxy groups -OCH3 is 1. The summed E-state index contributed by atoms with van der Waals surface area (Å²) in [4.78, 5) is 18.6. The molecule has 1 aliphatic heterocycles. The number of benzene rings is 1. The first-order valence-corrected chi connectivity index (χ1v) is 12.5. The quantitative estimate of drug-likeness (QED) is 0.427. The van der Waals surface area contributed by atoms with Crippen molar-refractivity contribution in [3.05, 3.63) is 65.3 Å². The molecule has 0 N–H and O–H groups in total. The van der Waals surface area contributed by atoms with Crippen LogP contribution in [0, 0.1) is 12.8 Å². The number of rotatable bonds is 5. The Morgan fingerprint density at radius 3 is 2.73 bits per heavy atom. The van der Waals surface area contributed by atoms with Gasteiger partial charge in [-0.3, -0.25) is 4.79 Å². The Morgan fingerprint density at radius 2 is 2.03 bits per heavy atom. The molecule has 0 spiro atoms. The molecule has 2 aromatic heterocycles. The number of amides is 1. The summed E-state index contributed by atoms with van der Waals surface area (Å²) in [6.07, 6.45) is 6.62. The third kappa shape index (κ3) is 5.07. The lowest BCUT2D eigenvalue weighted by molar-refractivity contribution is -0.166. The SMILES string of the molecule is COc1cc(-c2cn([C@@H]3CCC4C(Br)=CC=CC4N(CC(F)(F)F)C3=O)nn2)ccc1-n1cnc(C)c1. The van der Waals surface area contributed by atoms with E-state index < -0.39 is 30.7 Å². The maximum atomic E-state index is 13.5. The van der Waals surface area contributed by atoms with Gasteiger partial charge in [-0.25, -0.2) is 9.67 Å². The number of imidazole rings is 1. The third-order valence-corrected chi connectivity index (χ3v) is 7.51. The minimum Gasteiger partial charge on any atom is -0.495 e. The largest absolute Gasteiger partial charge is 0.495 e. The monoisotopic (exact) mass is 576 g/mol. The second-order valence-corrected chi connectivity index (χ2v) is 10.0. The predicted octanol–water partition coefficient (Wildman–Crippen LogP) is 5.01. The topological polar surface area (TPSA) is 78.1 Å².